The zero-order chi connectivity index (χ0) is 20.9. The van der Waals surface area contributed by atoms with E-state index in [-0.39, 0.29) is 12.3 Å². The molecule has 28 heavy (non-hydrogen) atoms. The molecule has 0 aromatic carbocycles. The van der Waals surface area contributed by atoms with Crippen molar-refractivity contribution in [3.05, 3.63) is 0 Å². The van der Waals surface area contributed by atoms with Crippen molar-refractivity contribution in [2.75, 3.05) is 0 Å². The number of unbranched alkanes of at least 4 members (excludes halogenated alkanes) is 15. The third-order valence-corrected chi connectivity index (χ3v) is 5.70. The van der Waals surface area contributed by atoms with Gasteiger partial charge in [0.05, 0.1) is 5.92 Å². The van der Waals surface area contributed by atoms with Gasteiger partial charge in [0, 0.05) is 6.42 Å². The van der Waals surface area contributed by atoms with Crippen LogP contribution in [0.1, 0.15) is 135 Å². The topological polar surface area (TPSA) is 74.6 Å². The molecule has 0 aliphatic rings. The predicted molar refractivity (Wildman–Crippen MR) is 117 cm³/mol. The van der Waals surface area contributed by atoms with Crippen LogP contribution in [0.2, 0.25) is 0 Å². The third kappa shape index (κ3) is 19.7. The van der Waals surface area contributed by atoms with Gasteiger partial charge in [-0.3, -0.25) is 9.59 Å². The minimum absolute atomic E-state index is 0.192. The molecule has 0 bridgehead atoms. The fourth-order valence-corrected chi connectivity index (χ4v) is 3.82. The summed E-state index contributed by atoms with van der Waals surface area (Å²) in [6.07, 6.45) is 22.1. The van der Waals surface area contributed by atoms with E-state index in [1.807, 2.05) is 0 Å². The summed E-state index contributed by atoms with van der Waals surface area (Å²) in [6, 6.07) is 0. The minimum Gasteiger partial charge on any atom is -0.481 e. The van der Waals surface area contributed by atoms with Crippen molar-refractivity contribution in [3.63, 3.8) is 0 Å². The van der Waals surface area contributed by atoms with Crippen LogP contribution in [0, 0.1) is 5.92 Å². The molecular formula is C24H46O4. The lowest BCUT2D eigenvalue weighted by Gasteiger charge is -2.12. The van der Waals surface area contributed by atoms with Gasteiger partial charge < -0.3 is 10.2 Å². The Balaban J connectivity index is 3.47. The van der Waals surface area contributed by atoms with Crippen LogP contribution in [-0.2, 0) is 9.59 Å². The molecule has 0 aliphatic heterocycles. The van der Waals surface area contributed by atoms with Crippen molar-refractivity contribution in [3.8, 4) is 0 Å². The largest absolute Gasteiger partial charge is 0.481 e. The van der Waals surface area contributed by atoms with Gasteiger partial charge in [0.2, 0.25) is 0 Å². The van der Waals surface area contributed by atoms with Gasteiger partial charge in [0.15, 0.2) is 0 Å². The monoisotopic (exact) mass is 398 g/mol. The second-order valence-corrected chi connectivity index (χ2v) is 8.41. The fourth-order valence-electron chi connectivity index (χ4n) is 3.82. The summed E-state index contributed by atoms with van der Waals surface area (Å²) in [5.74, 6) is -1.57. The molecule has 0 saturated heterocycles. The van der Waals surface area contributed by atoms with Gasteiger partial charge in [0.25, 0.3) is 0 Å². The van der Waals surface area contributed by atoms with E-state index in [0.29, 0.717) is 0 Å². The maximum Gasteiger partial charge on any atom is 0.306 e. The van der Waals surface area contributed by atoms with E-state index in [1.54, 1.807) is 0 Å². The van der Waals surface area contributed by atoms with Crippen LogP contribution in [0.5, 0.6) is 0 Å². The molecule has 0 fully saturated rings. The highest BCUT2D eigenvalue weighted by atomic mass is 16.4. The number of aliphatic carboxylic acids is 2. The Morgan fingerprint density at radius 2 is 0.929 bits per heavy atom. The Morgan fingerprint density at radius 3 is 1.29 bits per heavy atom. The first-order valence-electron chi connectivity index (χ1n) is 12.0. The van der Waals surface area contributed by atoms with Crippen molar-refractivity contribution in [2.45, 2.75) is 135 Å². The van der Waals surface area contributed by atoms with E-state index >= 15 is 0 Å². The van der Waals surface area contributed by atoms with Crippen molar-refractivity contribution in [1.29, 1.82) is 0 Å². The number of carboxylic acid groups (broad SMARTS) is 2. The lowest BCUT2D eigenvalue weighted by molar-refractivity contribution is -0.142. The van der Waals surface area contributed by atoms with Crippen molar-refractivity contribution in [1.82, 2.24) is 0 Å². The molecule has 1 atom stereocenters. The Bertz CT molecular complexity index is 368. The van der Waals surface area contributed by atoms with Gasteiger partial charge in [-0.2, -0.15) is 0 Å². The second-order valence-electron chi connectivity index (χ2n) is 8.41. The Labute approximate surface area is 173 Å². The van der Waals surface area contributed by atoms with Crippen molar-refractivity contribution < 1.29 is 19.8 Å². The van der Waals surface area contributed by atoms with E-state index in [0.717, 1.165) is 57.8 Å². The van der Waals surface area contributed by atoms with Gasteiger partial charge in [-0.25, -0.2) is 0 Å². The van der Waals surface area contributed by atoms with Crippen LogP contribution < -0.4 is 0 Å². The van der Waals surface area contributed by atoms with Crippen LogP contribution in [0.15, 0.2) is 0 Å². The standard InChI is InChI=1S/C24H46O4/c1-2-3-4-5-6-7-8-9-10-11-13-16-19-22(24(27)28)20-17-14-12-15-18-21-23(25)26/h22H,2-21H2,1H3,(H,25,26)(H,27,28). The first-order valence-corrected chi connectivity index (χ1v) is 12.0. The first kappa shape index (κ1) is 26.9. The van der Waals surface area contributed by atoms with E-state index < -0.39 is 11.9 Å². The van der Waals surface area contributed by atoms with Gasteiger partial charge in [-0.05, 0) is 19.3 Å². The average molecular weight is 399 g/mol. The van der Waals surface area contributed by atoms with E-state index in [1.165, 1.54) is 64.2 Å². The quantitative estimate of drug-likeness (QED) is 0.184. The van der Waals surface area contributed by atoms with Crippen LogP contribution in [-0.4, -0.2) is 22.2 Å². The Hall–Kier alpha value is -1.06. The lowest BCUT2D eigenvalue weighted by Crippen LogP contribution is -2.13. The zero-order valence-corrected chi connectivity index (χ0v) is 18.4. The molecule has 166 valence electrons. The van der Waals surface area contributed by atoms with E-state index in [9.17, 15) is 14.7 Å². The SMILES string of the molecule is CCCCCCCCCCCCCCC(CCCCCCCC(=O)O)C(=O)O. The fraction of sp³-hybridized carbons (Fsp3) is 0.917. The maximum absolute atomic E-state index is 11.4. The molecular weight excluding hydrogens is 352 g/mol. The molecule has 0 spiro atoms. The van der Waals surface area contributed by atoms with Crippen LogP contribution in [0.3, 0.4) is 0 Å². The lowest BCUT2D eigenvalue weighted by atomic mass is 9.94. The molecule has 0 rings (SSSR count). The van der Waals surface area contributed by atoms with Gasteiger partial charge in [-0.1, -0.05) is 110 Å². The van der Waals surface area contributed by atoms with Crippen LogP contribution in [0.4, 0.5) is 0 Å². The first-order chi connectivity index (χ1) is 13.6. The molecule has 1 unspecified atom stereocenters. The van der Waals surface area contributed by atoms with Crippen LogP contribution >= 0.6 is 0 Å². The van der Waals surface area contributed by atoms with Crippen molar-refractivity contribution >= 4 is 11.9 Å². The van der Waals surface area contributed by atoms with Gasteiger partial charge >= 0.3 is 11.9 Å². The molecule has 2 N–H and O–H groups in total. The molecule has 0 aliphatic carbocycles. The highest BCUT2D eigenvalue weighted by molar-refractivity contribution is 5.69. The third-order valence-electron chi connectivity index (χ3n) is 5.70. The van der Waals surface area contributed by atoms with E-state index in [4.69, 9.17) is 5.11 Å². The Morgan fingerprint density at radius 1 is 0.571 bits per heavy atom. The molecule has 0 heterocycles. The highest BCUT2D eigenvalue weighted by Gasteiger charge is 2.16. The summed E-state index contributed by atoms with van der Waals surface area (Å²) in [4.78, 5) is 21.9. The van der Waals surface area contributed by atoms with E-state index in [2.05, 4.69) is 6.92 Å². The summed E-state index contributed by atoms with van der Waals surface area (Å²) in [5.41, 5.74) is 0. The van der Waals surface area contributed by atoms with Crippen LogP contribution in [0.25, 0.3) is 0 Å². The molecule has 4 heteroatoms. The van der Waals surface area contributed by atoms with Gasteiger partial charge in [0.1, 0.15) is 0 Å². The number of carbonyl (C=O) groups is 2. The average Bonchev–Trinajstić information content (AvgIpc) is 2.65. The minimum atomic E-state index is -0.728. The molecule has 0 radical (unpaired) electrons. The highest BCUT2D eigenvalue weighted by Crippen LogP contribution is 2.20. The molecule has 0 aromatic rings. The summed E-state index contributed by atoms with van der Waals surface area (Å²) in [5, 5.41) is 18.0. The second kappa shape index (κ2) is 20.7. The smallest absolute Gasteiger partial charge is 0.306 e. The summed E-state index contributed by atoms with van der Waals surface area (Å²) in [6.45, 7) is 2.26. The Kier molecular flexibility index (Phi) is 19.9. The number of hydrogen-bond donors (Lipinski definition) is 2. The predicted octanol–water partition coefficient (Wildman–Crippen LogP) is 7.59. The number of carboxylic acids is 2. The summed E-state index contributed by atoms with van der Waals surface area (Å²) >= 11 is 0. The van der Waals surface area contributed by atoms with Gasteiger partial charge in [-0.15, -0.1) is 0 Å². The van der Waals surface area contributed by atoms with Crippen molar-refractivity contribution in [2.24, 2.45) is 5.92 Å². The maximum atomic E-state index is 11.4. The molecule has 0 aromatic heterocycles. The summed E-state index contributed by atoms with van der Waals surface area (Å²) in [7, 11) is 0. The zero-order valence-electron chi connectivity index (χ0n) is 18.4. The number of rotatable bonds is 22. The molecule has 4 nitrogen and oxygen atoms in total. The normalized spacial score (nSPS) is 12.2. The molecule has 0 saturated carbocycles. The molecule has 0 amide bonds. The number of hydrogen-bond acceptors (Lipinski definition) is 2. The summed E-state index contributed by atoms with van der Waals surface area (Å²) < 4.78 is 0.